The Labute approximate surface area is 398 Å². The van der Waals surface area contributed by atoms with Crippen LogP contribution in [0.4, 0.5) is 5.82 Å². The zero-order chi connectivity index (χ0) is 50.2. The smallest absolute Gasteiger partial charge is 0.274 e. The van der Waals surface area contributed by atoms with Crippen LogP contribution in [0, 0.1) is 16.7 Å². The van der Waals surface area contributed by atoms with Gasteiger partial charge >= 0.3 is 0 Å². The number of imidazole rings is 1. The van der Waals surface area contributed by atoms with E-state index in [-0.39, 0.29) is 54.1 Å². The summed E-state index contributed by atoms with van der Waals surface area (Å²) in [5.74, 6) is -0.444. The molecule has 1 aromatic carbocycles. The topological polar surface area (TPSA) is 375 Å². The number of fused-ring (bicyclic) bond motifs is 1. The molecule has 0 radical (unpaired) electrons. The number of benzene rings is 1. The summed E-state index contributed by atoms with van der Waals surface area (Å²) in [7, 11) is -17.6. The number of phosphoric ester groups is 3. The number of Topliss-reactive ketones (excluding diaryl/α,β-unsaturated/α-hetero) is 1. The number of aromatic nitrogens is 4. The number of carbonyl (C=O) groups excluding carboxylic acids is 3. The molecule has 2 aromatic heterocycles. The third-order valence-electron chi connectivity index (χ3n) is 12.6. The second-order valence-electron chi connectivity index (χ2n) is 18.6. The van der Waals surface area contributed by atoms with Crippen LogP contribution in [0.15, 0.2) is 36.9 Å². The molecule has 3 fully saturated rings. The van der Waals surface area contributed by atoms with Crippen molar-refractivity contribution in [2.75, 3.05) is 32.0 Å². The first-order valence-corrected chi connectivity index (χ1v) is 27.3. The summed E-state index contributed by atoms with van der Waals surface area (Å²) >= 11 is 0. The maximum absolute atomic E-state index is 13.1. The molecular weight excluding hydrogens is 967 g/mol. The van der Waals surface area contributed by atoms with Gasteiger partial charge in [-0.3, -0.25) is 28.1 Å². The molecule has 0 bridgehead atoms. The van der Waals surface area contributed by atoms with Crippen LogP contribution in [-0.4, -0.2) is 98.0 Å². The lowest BCUT2D eigenvalue weighted by Gasteiger charge is -2.36. The van der Waals surface area contributed by atoms with Crippen LogP contribution >= 0.6 is 23.5 Å². The van der Waals surface area contributed by atoms with Gasteiger partial charge in [-0.1, -0.05) is 70.2 Å². The predicted molar refractivity (Wildman–Crippen MR) is 236 cm³/mol. The second kappa shape index (κ2) is 23.3. The molecule has 0 spiro atoms. The Morgan fingerprint density at radius 3 is 2.20 bits per heavy atom. The van der Waals surface area contributed by atoms with Crippen molar-refractivity contribution in [2.24, 2.45) is 16.7 Å². The summed E-state index contributed by atoms with van der Waals surface area (Å²) in [4.78, 5) is 98.1. The third-order valence-corrected chi connectivity index (χ3v) is 15.6. The number of amides is 2. The van der Waals surface area contributed by atoms with Crippen molar-refractivity contribution in [3.63, 3.8) is 0 Å². The van der Waals surface area contributed by atoms with Crippen molar-refractivity contribution in [1.82, 2.24) is 30.2 Å². The fourth-order valence-electron chi connectivity index (χ4n) is 8.15. The monoisotopic (exact) mass is 1030 g/mol. The van der Waals surface area contributed by atoms with E-state index in [2.05, 4.69) is 67.7 Å². The molecule has 2 amide bonds. The highest BCUT2D eigenvalue weighted by Crippen LogP contribution is 2.57. The largest absolute Gasteiger partial charge is 0.790 e. The molecule has 24 nitrogen and oxygen atoms in total. The van der Waals surface area contributed by atoms with E-state index in [0.717, 1.165) is 68.1 Å². The first kappa shape index (κ1) is 54.8. The van der Waals surface area contributed by atoms with Gasteiger partial charge in [0.05, 0.1) is 27.4 Å². The number of nitrogens with zero attached hydrogens (tertiary/aromatic N) is 4. The Morgan fingerprint density at radius 1 is 0.928 bits per heavy atom. The van der Waals surface area contributed by atoms with Gasteiger partial charge in [0.1, 0.15) is 42.0 Å². The molecule has 384 valence electrons. The van der Waals surface area contributed by atoms with Crippen LogP contribution in [0.2, 0.25) is 0 Å². The SMILES string of the molecule is CC(C)(COP(=O)([O-])OP(=O)([O-])OCC1OC(n2cnc3c(N)ncnc32)C(O)C1OP(=O)([O-])[O-])C(O)C(=O)NCCC(=O)NCCC(=O)C1(CCCCc2ccc(CCCCC3CC3)cc2)CC1. The highest BCUT2D eigenvalue weighted by Gasteiger charge is 2.49. The number of aryl methyl sites for hydroxylation is 2. The van der Waals surface area contributed by atoms with Crippen molar-refractivity contribution in [2.45, 2.75) is 134 Å². The Kier molecular flexibility index (Phi) is 18.5. The van der Waals surface area contributed by atoms with Crippen molar-refractivity contribution < 1.29 is 80.5 Å². The Bertz CT molecular complexity index is 2390. The van der Waals surface area contributed by atoms with Crippen LogP contribution in [0.5, 0.6) is 0 Å². The average Bonchev–Trinajstić information content (AvgIpc) is 4.21. The maximum Gasteiger partial charge on any atom is 0.274 e. The van der Waals surface area contributed by atoms with E-state index in [9.17, 15) is 57.9 Å². The van der Waals surface area contributed by atoms with Gasteiger partial charge in [0.25, 0.3) is 15.6 Å². The summed E-state index contributed by atoms with van der Waals surface area (Å²) in [6.07, 6.45) is 5.78. The number of aliphatic hydroxyl groups is 2. The minimum absolute atomic E-state index is 0.0189. The molecule has 3 aromatic rings. The normalized spacial score (nSPS) is 22.4. The average molecular weight is 1030 g/mol. The molecule has 7 atom stereocenters. The maximum atomic E-state index is 13.1. The molecule has 69 heavy (non-hydrogen) atoms. The van der Waals surface area contributed by atoms with Crippen molar-refractivity contribution in [3.05, 3.63) is 48.0 Å². The minimum Gasteiger partial charge on any atom is -0.790 e. The lowest BCUT2D eigenvalue weighted by Crippen LogP contribution is -2.46. The fraction of sp³-hybridized carbons (Fsp3) is 0.667. The fourth-order valence-corrected chi connectivity index (χ4v) is 10.9. The summed E-state index contributed by atoms with van der Waals surface area (Å²) in [6, 6.07) is 8.87. The molecular formula is C42H60N7O17P3-4. The molecule has 6 N–H and O–H groups in total. The number of hydrogen-bond donors (Lipinski definition) is 5. The van der Waals surface area contributed by atoms with Crippen LogP contribution in [0.3, 0.4) is 0 Å². The van der Waals surface area contributed by atoms with E-state index in [1.54, 1.807) is 0 Å². The summed E-state index contributed by atoms with van der Waals surface area (Å²) in [5.41, 5.74) is 6.44. The van der Waals surface area contributed by atoms with Crippen molar-refractivity contribution in [1.29, 1.82) is 0 Å². The third kappa shape index (κ3) is 16.2. The molecule has 2 saturated carbocycles. The van der Waals surface area contributed by atoms with Gasteiger partial charge in [-0.2, -0.15) is 0 Å². The number of nitrogen functional groups attached to an aromatic ring is 1. The van der Waals surface area contributed by atoms with Crippen LogP contribution < -0.4 is 35.9 Å². The molecule has 6 rings (SSSR count). The number of aliphatic hydroxyl groups excluding tert-OH is 2. The lowest BCUT2D eigenvalue weighted by atomic mass is 9.87. The highest BCUT2D eigenvalue weighted by molar-refractivity contribution is 7.59. The number of carbonyl (C=O) groups is 3. The van der Waals surface area contributed by atoms with E-state index in [0.29, 0.717) is 0 Å². The van der Waals surface area contributed by atoms with E-state index in [4.69, 9.17) is 10.5 Å². The number of anilines is 1. The number of nitrogens with one attached hydrogen (secondary N) is 2. The quantitative estimate of drug-likeness (QED) is 0.0462. The van der Waals surface area contributed by atoms with Gasteiger partial charge < -0.3 is 69.0 Å². The van der Waals surface area contributed by atoms with E-state index in [1.165, 1.54) is 57.1 Å². The first-order valence-electron chi connectivity index (χ1n) is 22.9. The molecule has 1 saturated heterocycles. The predicted octanol–water partition coefficient (Wildman–Crippen LogP) is 1.15. The number of nitrogens with two attached hydrogens (primary N) is 1. The number of phosphoric acid groups is 3. The molecule has 3 heterocycles. The molecule has 7 unspecified atom stereocenters. The second-order valence-corrected chi connectivity index (χ2v) is 22.7. The van der Waals surface area contributed by atoms with Crippen molar-refractivity contribution in [3.8, 4) is 0 Å². The van der Waals surface area contributed by atoms with Crippen LogP contribution in [0.25, 0.3) is 11.2 Å². The number of hydrogen-bond acceptors (Lipinski definition) is 21. The highest BCUT2D eigenvalue weighted by atomic mass is 31.3. The lowest BCUT2D eigenvalue weighted by molar-refractivity contribution is -0.347. The number of unbranched alkanes of at least 4 members (excludes halogenated alkanes) is 2. The Balaban J connectivity index is 0.856. The zero-order valence-corrected chi connectivity index (χ0v) is 41.1. The number of ketones is 1. The minimum atomic E-state index is -5.93. The van der Waals surface area contributed by atoms with Gasteiger partial charge in [0, 0.05) is 36.8 Å². The number of rotatable bonds is 30. The van der Waals surface area contributed by atoms with Gasteiger partial charge in [0.2, 0.25) is 11.8 Å². The van der Waals surface area contributed by atoms with Gasteiger partial charge in [0.15, 0.2) is 17.7 Å². The molecule has 1 aliphatic heterocycles. The zero-order valence-electron chi connectivity index (χ0n) is 38.4. The molecule has 27 heteroatoms. The summed E-state index contributed by atoms with van der Waals surface area (Å²) in [5, 5.41) is 26.6. The molecule has 3 aliphatic rings. The van der Waals surface area contributed by atoms with Gasteiger partial charge in [-0.15, -0.1) is 0 Å². The Hall–Kier alpha value is -3.57. The van der Waals surface area contributed by atoms with Gasteiger partial charge in [-0.05, 0) is 62.0 Å². The van der Waals surface area contributed by atoms with Gasteiger partial charge in [-0.25, -0.2) is 19.3 Å². The van der Waals surface area contributed by atoms with Crippen LogP contribution in [-0.2, 0) is 63.5 Å². The first-order chi connectivity index (χ1) is 32.5. The van der Waals surface area contributed by atoms with Crippen LogP contribution in [0.1, 0.15) is 108 Å². The van der Waals surface area contributed by atoms with Crippen molar-refractivity contribution >= 4 is 58.0 Å². The Morgan fingerprint density at radius 2 is 1.57 bits per heavy atom. The molecule has 2 aliphatic carbocycles. The van der Waals surface area contributed by atoms with E-state index >= 15 is 0 Å². The van der Waals surface area contributed by atoms with E-state index < -0.39 is 84.6 Å². The summed E-state index contributed by atoms with van der Waals surface area (Å²) in [6.45, 7) is 0.0611. The standard InChI is InChI=1S/C42H64N7O17P3/c1-41(2,24-63-69(60,61)66-68(58,59)62-23-30-35(65-67(55,56)57)34(52)40(64-30)49-26-48-33-37(43)46-25-47-38(33)49)36(53)39(54)45-22-17-32(51)44-21-16-31(50)42(19-20-42)18-6-5-9-29-14-12-28(13-15-29)8-4-3-7-27-10-11-27/h12-15,25-27,30,34-36,40,52-53H,3-11,16-24H2,1-2H3,(H,44,51)(H,45,54)(H,58,59)(H,60,61)(H2,43,46,47)(H2,55,56,57)/p-4. The summed E-state index contributed by atoms with van der Waals surface area (Å²) < 4.78 is 61.0. The number of ether oxygens (including phenoxy) is 1. The van der Waals surface area contributed by atoms with E-state index in [1.807, 2.05) is 0 Å².